The summed E-state index contributed by atoms with van der Waals surface area (Å²) in [6, 6.07) is 0.747. The van der Waals surface area contributed by atoms with Crippen LogP contribution in [0.4, 0.5) is 0 Å². The molecule has 1 rings (SSSR count). The minimum Gasteiger partial charge on any atom is -0.314 e. The highest BCUT2D eigenvalue weighted by molar-refractivity contribution is 4.80. The Morgan fingerprint density at radius 3 is 2.26 bits per heavy atom. The van der Waals surface area contributed by atoms with E-state index in [0.29, 0.717) is 5.41 Å². The van der Waals surface area contributed by atoms with Gasteiger partial charge in [-0.1, -0.05) is 66.7 Å². The molecule has 0 radical (unpaired) electrons. The van der Waals surface area contributed by atoms with Gasteiger partial charge in [0, 0.05) is 6.04 Å². The summed E-state index contributed by atoms with van der Waals surface area (Å²) in [5.74, 6) is 1.79. The zero-order valence-corrected chi connectivity index (χ0v) is 14.1. The van der Waals surface area contributed by atoms with Gasteiger partial charge in [0.1, 0.15) is 0 Å². The Kier molecular flexibility index (Phi) is 7.42. The molecule has 0 aromatic carbocycles. The van der Waals surface area contributed by atoms with Crippen LogP contribution in [0.25, 0.3) is 0 Å². The number of nitrogens with one attached hydrogen (secondary N) is 1. The lowest BCUT2D eigenvalue weighted by Crippen LogP contribution is -2.36. The summed E-state index contributed by atoms with van der Waals surface area (Å²) in [5.41, 5.74) is 0.443. The third-order valence-corrected chi connectivity index (χ3v) is 5.14. The fourth-order valence-electron chi connectivity index (χ4n) is 3.22. The summed E-state index contributed by atoms with van der Waals surface area (Å²) < 4.78 is 0. The van der Waals surface area contributed by atoms with Crippen molar-refractivity contribution >= 4 is 0 Å². The molecular formula is C18H37N. The van der Waals surface area contributed by atoms with Crippen molar-refractivity contribution in [3.8, 4) is 0 Å². The second-order valence-electron chi connectivity index (χ2n) is 7.89. The smallest absolute Gasteiger partial charge is 0.00724 e. The zero-order chi connectivity index (χ0) is 14.3. The molecular weight excluding hydrogens is 230 g/mol. The first-order valence-corrected chi connectivity index (χ1v) is 8.66. The van der Waals surface area contributed by atoms with Crippen LogP contribution >= 0.6 is 0 Å². The maximum absolute atomic E-state index is 3.82. The van der Waals surface area contributed by atoms with Crippen LogP contribution in [0.1, 0.15) is 86.0 Å². The van der Waals surface area contributed by atoms with Crippen LogP contribution < -0.4 is 5.32 Å². The van der Waals surface area contributed by atoms with Crippen LogP contribution in [0, 0.1) is 17.3 Å². The van der Waals surface area contributed by atoms with Gasteiger partial charge in [0.2, 0.25) is 0 Å². The van der Waals surface area contributed by atoms with E-state index in [9.17, 15) is 0 Å². The fourth-order valence-corrected chi connectivity index (χ4v) is 3.22. The van der Waals surface area contributed by atoms with Crippen LogP contribution in [0.5, 0.6) is 0 Å². The first-order chi connectivity index (χ1) is 8.93. The van der Waals surface area contributed by atoms with E-state index >= 15 is 0 Å². The second-order valence-corrected chi connectivity index (χ2v) is 7.89. The average molecular weight is 268 g/mol. The molecule has 0 aliphatic heterocycles. The van der Waals surface area contributed by atoms with Crippen molar-refractivity contribution in [3.63, 3.8) is 0 Å². The van der Waals surface area contributed by atoms with E-state index < -0.39 is 0 Å². The van der Waals surface area contributed by atoms with Gasteiger partial charge in [-0.3, -0.25) is 0 Å². The minimum atomic E-state index is 0.443. The van der Waals surface area contributed by atoms with Crippen LogP contribution in [-0.4, -0.2) is 12.6 Å². The molecule has 1 aliphatic rings. The van der Waals surface area contributed by atoms with E-state index in [0.717, 1.165) is 17.9 Å². The van der Waals surface area contributed by atoms with Gasteiger partial charge in [-0.2, -0.15) is 0 Å². The van der Waals surface area contributed by atoms with E-state index in [1.165, 1.54) is 57.9 Å². The first-order valence-electron chi connectivity index (χ1n) is 8.66. The van der Waals surface area contributed by atoms with Gasteiger partial charge in [-0.15, -0.1) is 0 Å². The summed E-state index contributed by atoms with van der Waals surface area (Å²) >= 11 is 0. The van der Waals surface area contributed by atoms with Gasteiger partial charge >= 0.3 is 0 Å². The van der Waals surface area contributed by atoms with E-state index in [4.69, 9.17) is 0 Å². The Morgan fingerprint density at radius 1 is 1.11 bits per heavy atom. The highest BCUT2D eigenvalue weighted by atomic mass is 14.9. The predicted molar refractivity (Wildman–Crippen MR) is 86.5 cm³/mol. The van der Waals surface area contributed by atoms with Crippen LogP contribution in [0.15, 0.2) is 0 Å². The van der Waals surface area contributed by atoms with Gasteiger partial charge in [-0.05, 0) is 43.1 Å². The molecule has 0 aromatic rings. The van der Waals surface area contributed by atoms with Crippen LogP contribution in [0.2, 0.25) is 0 Å². The van der Waals surface area contributed by atoms with Gasteiger partial charge < -0.3 is 5.32 Å². The van der Waals surface area contributed by atoms with Crippen molar-refractivity contribution in [2.24, 2.45) is 17.3 Å². The molecule has 1 nitrogen and oxygen atoms in total. The molecule has 2 unspecified atom stereocenters. The standard InChI is InChI=1S/C18H37N/c1-6-12-19-17(13-15(2)18(3,4)5)14-16-10-8-7-9-11-16/h15-17,19H,6-14H2,1-5H3. The van der Waals surface area contributed by atoms with Gasteiger partial charge in [0.25, 0.3) is 0 Å². The number of rotatable bonds is 7. The van der Waals surface area contributed by atoms with Crippen molar-refractivity contribution in [1.29, 1.82) is 0 Å². The van der Waals surface area contributed by atoms with Gasteiger partial charge in [0.05, 0.1) is 0 Å². The van der Waals surface area contributed by atoms with E-state index in [1.807, 2.05) is 0 Å². The van der Waals surface area contributed by atoms with Gasteiger partial charge in [0.15, 0.2) is 0 Å². The Hall–Kier alpha value is -0.0400. The summed E-state index contributed by atoms with van der Waals surface area (Å²) in [5, 5.41) is 3.82. The summed E-state index contributed by atoms with van der Waals surface area (Å²) in [7, 11) is 0. The third kappa shape index (κ3) is 6.79. The maximum atomic E-state index is 3.82. The molecule has 0 aromatic heterocycles. The predicted octanol–water partition coefficient (Wildman–Crippen LogP) is 5.40. The second kappa shape index (κ2) is 8.29. The molecule has 1 saturated carbocycles. The molecule has 0 heterocycles. The number of hydrogen-bond donors (Lipinski definition) is 1. The van der Waals surface area contributed by atoms with Crippen molar-refractivity contribution in [3.05, 3.63) is 0 Å². The van der Waals surface area contributed by atoms with Crippen LogP contribution in [0.3, 0.4) is 0 Å². The first kappa shape index (κ1) is 17.0. The molecule has 0 saturated heterocycles. The normalized spacial score (nSPS) is 21.3. The average Bonchev–Trinajstić information content (AvgIpc) is 2.36. The van der Waals surface area contributed by atoms with E-state index in [-0.39, 0.29) is 0 Å². The van der Waals surface area contributed by atoms with Crippen molar-refractivity contribution in [2.75, 3.05) is 6.54 Å². The third-order valence-electron chi connectivity index (χ3n) is 5.14. The topological polar surface area (TPSA) is 12.0 Å². The molecule has 1 fully saturated rings. The summed E-state index contributed by atoms with van der Waals surface area (Å²) in [4.78, 5) is 0. The summed E-state index contributed by atoms with van der Waals surface area (Å²) in [6.07, 6.45) is 11.4. The molecule has 0 amide bonds. The lowest BCUT2D eigenvalue weighted by Gasteiger charge is -2.33. The molecule has 1 N–H and O–H groups in total. The molecule has 19 heavy (non-hydrogen) atoms. The van der Waals surface area contributed by atoms with Crippen molar-refractivity contribution in [2.45, 2.75) is 92.0 Å². The highest BCUT2D eigenvalue weighted by Crippen LogP contribution is 2.33. The van der Waals surface area contributed by atoms with E-state index in [2.05, 4.69) is 39.9 Å². The Bertz CT molecular complexity index is 222. The van der Waals surface area contributed by atoms with Crippen molar-refractivity contribution < 1.29 is 0 Å². The molecule has 0 spiro atoms. The maximum Gasteiger partial charge on any atom is 0.00724 e. The zero-order valence-electron chi connectivity index (χ0n) is 14.1. The van der Waals surface area contributed by atoms with E-state index in [1.54, 1.807) is 0 Å². The fraction of sp³-hybridized carbons (Fsp3) is 1.00. The Balaban J connectivity index is 2.45. The van der Waals surface area contributed by atoms with Crippen molar-refractivity contribution in [1.82, 2.24) is 5.32 Å². The van der Waals surface area contributed by atoms with Crippen LogP contribution in [-0.2, 0) is 0 Å². The lowest BCUT2D eigenvalue weighted by atomic mass is 9.76. The molecule has 1 heteroatoms. The minimum absolute atomic E-state index is 0.443. The SMILES string of the molecule is CCCNC(CC1CCCCC1)CC(C)C(C)(C)C. The molecule has 0 bridgehead atoms. The quantitative estimate of drug-likeness (QED) is 0.651. The lowest BCUT2D eigenvalue weighted by molar-refractivity contribution is 0.201. The van der Waals surface area contributed by atoms with Gasteiger partial charge in [-0.25, -0.2) is 0 Å². The summed E-state index contributed by atoms with van der Waals surface area (Å²) in [6.45, 7) is 13.0. The Labute approximate surface area is 121 Å². The molecule has 1 aliphatic carbocycles. The highest BCUT2D eigenvalue weighted by Gasteiger charge is 2.25. The monoisotopic (exact) mass is 267 g/mol. The number of hydrogen-bond acceptors (Lipinski definition) is 1. The molecule has 2 atom stereocenters. The Morgan fingerprint density at radius 2 is 1.74 bits per heavy atom. The molecule has 114 valence electrons. The largest absolute Gasteiger partial charge is 0.314 e.